The Bertz CT molecular complexity index is 400. The molecule has 2 rings (SSSR count). The Kier molecular flexibility index (Phi) is 4.93. The standard InChI is InChI=1S/C15H22N2O2/c16-14(10-12-4-2-1-3-5-12)15(19)17-8-6-13(11-18)7-9-17/h1-5,13-14,18H,6-11,16H2/t14-/m1/s1. The Morgan fingerprint density at radius 1 is 1.32 bits per heavy atom. The number of rotatable bonds is 4. The Morgan fingerprint density at radius 2 is 1.95 bits per heavy atom. The molecule has 1 amide bonds. The first-order valence-electron chi connectivity index (χ1n) is 6.90. The lowest BCUT2D eigenvalue weighted by atomic mass is 9.97. The van der Waals surface area contributed by atoms with Gasteiger partial charge in [0.2, 0.25) is 5.91 Å². The van der Waals surface area contributed by atoms with E-state index >= 15 is 0 Å². The lowest BCUT2D eigenvalue weighted by Crippen LogP contribution is -2.48. The van der Waals surface area contributed by atoms with E-state index in [4.69, 9.17) is 10.8 Å². The third kappa shape index (κ3) is 3.78. The van der Waals surface area contributed by atoms with Crippen molar-refractivity contribution in [3.8, 4) is 0 Å². The van der Waals surface area contributed by atoms with Gasteiger partial charge in [-0.15, -0.1) is 0 Å². The van der Waals surface area contributed by atoms with Crippen molar-refractivity contribution in [2.24, 2.45) is 11.7 Å². The zero-order chi connectivity index (χ0) is 13.7. The first-order valence-corrected chi connectivity index (χ1v) is 6.90. The number of nitrogens with zero attached hydrogens (tertiary/aromatic N) is 1. The highest BCUT2D eigenvalue weighted by Gasteiger charge is 2.25. The third-order valence-corrected chi connectivity index (χ3v) is 3.80. The molecule has 4 heteroatoms. The van der Waals surface area contributed by atoms with Gasteiger partial charge in [-0.05, 0) is 30.7 Å². The molecule has 0 aromatic heterocycles. The van der Waals surface area contributed by atoms with Gasteiger partial charge in [-0.2, -0.15) is 0 Å². The highest BCUT2D eigenvalue weighted by molar-refractivity contribution is 5.82. The van der Waals surface area contributed by atoms with Crippen LogP contribution in [0.4, 0.5) is 0 Å². The number of likely N-dealkylation sites (tertiary alicyclic amines) is 1. The van der Waals surface area contributed by atoms with Crippen LogP contribution in [-0.2, 0) is 11.2 Å². The molecule has 1 aromatic rings. The highest BCUT2D eigenvalue weighted by atomic mass is 16.3. The number of piperidine rings is 1. The van der Waals surface area contributed by atoms with Crippen molar-refractivity contribution in [2.75, 3.05) is 19.7 Å². The number of carbonyl (C=O) groups excluding carboxylic acids is 1. The van der Waals surface area contributed by atoms with E-state index in [1.54, 1.807) is 0 Å². The SMILES string of the molecule is N[C@H](Cc1ccccc1)C(=O)N1CCC(CO)CC1. The molecule has 1 heterocycles. The monoisotopic (exact) mass is 262 g/mol. The Labute approximate surface area is 114 Å². The summed E-state index contributed by atoms with van der Waals surface area (Å²) in [6.45, 7) is 1.65. The van der Waals surface area contributed by atoms with E-state index in [1.165, 1.54) is 0 Å². The highest BCUT2D eigenvalue weighted by Crippen LogP contribution is 2.17. The molecule has 0 spiro atoms. The molecular formula is C15H22N2O2. The van der Waals surface area contributed by atoms with Crippen molar-refractivity contribution < 1.29 is 9.90 Å². The van der Waals surface area contributed by atoms with Gasteiger partial charge >= 0.3 is 0 Å². The Hall–Kier alpha value is -1.39. The van der Waals surface area contributed by atoms with Gasteiger partial charge in [0.15, 0.2) is 0 Å². The number of hydrogen-bond acceptors (Lipinski definition) is 3. The van der Waals surface area contributed by atoms with Gasteiger partial charge in [0.1, 0.15) is 0 Å². The smallest absolute Gasteiger partial charge is 0.239 e. The van der Waals surface area contributed by atoms with E-state index in [1.807, 2.05) is 35.2 Å². The zero-order valence-electron chi connectivity index (χ0n) is 11.2. The Morgan fingerprint density at radius 3 is 2.53 bits per heavy atom. The van der Waals surface area contributed by atoms with Gasteiger partial charge < -0.3 is 15.7 Å². The van der Waals surface area contributed by atoms with Crippen LogP contribution in [0, 0.1) is 5.92 Å². The fourth-order valence-electron chi connectivity index (χ4n) is 2.53. The minimum absolute atomic E-state index is 0.0280. The van der Waals surface area contributed by atoms with Crippen LogP contribution >= 0.6 is 0 Å². The van der Waals surface area contributed by atoms with Gasteiger partial charge in [0.25, 0.3) is 0 Å². The molecular weight excluding hydrogens is 240 g/mol. The van der Waals surface area contributed by atoms with Crippen molar-refractivity contribution in [2.45, 2.75) is 25.3 Å². The number of aliphatic hydroxyl groups is 1. The van der Waals surface area contributed by atoms with Crippen molar-refractivity contribution in [1.29, 1.82) is 0 Å². The summed E-state index contributed by atoms with van der Waals surface area (Å²) in [7, 11) is 0. The van der Waals surface area contributed by atoms with Gasteiger partial charge in [0, 0.05) is 19.7 Å². The molecule has 1 atom stereocenters. The molecule has 19 heavy (non-hydrogen) atoms. The first-order chi connectivity index (χ1) is 9.20. The van der Waals surface area contributed by atoms with Crippen LogP contribution in [0.1, 0.15) is 18.4 Å². The van der Waals surface area contributed by atoms with Crippen molar-refractivity contribution in [3.63, 3.8) is 0 Å². The summed E-state index contributed by atoms with van der Waals surface area (Å²) in [4.78, 5) is 14.1. The molecule has 1 aliphatic rings. The summed E-state index contributed by atoms with van der Waals surface area (Å²) < 4.78 is 0. The third-order valence-electron chi connectivity index (χ3n) is 3.80. The lowest BCUT2D eigenvalue weighted by molar-refractivity contribution is -0.134. The first kappa shape index (κ1) is 14.0. The quantitative estimate of drug-likeness (QED) is 0.843. The average Bonchev–Trinajstić information content (AvgIpc) is 2.47. The minimum atomic E-state index is -0.465. The summed E-state index contributed by atoms with van der Waals surface area (Å²) in [5.74, 6) is 0.370. The Balaban J connectivity index is 1.86. The number of hydrogen-bond donors (Lipinski definition) is 2. The summed E-state index contributed by atoms with van der Waals surface area (Å²) in [5, 5.41) is 9.09. The predicted octanol–water partition coefficient (Wildman–Crippen LogP) is 0.787. The second-order valence-electron chi connectivity index (χ2n) is 5.25. The largest absolute Gasteiger partial charge is 0.396 e. The molecule has 1 fully saturated rings. The van der Waals surface area contributed by atoms with E-state index in [-0.39, 0.29) is 12.5 Å². The summed E-state index contributed by atoms with van der Waals surface area (Å²) >= 11 is 0. The number of aliphatic hydroxyl groups excluding tert-OH is 1. The number of benzene rings is 1. The van der Waals surface area contributed by atoms with Gasteiger partial charge in [-0.3, -0.25) is 4.79 Å². The number of nitrogens with two attached hydrogens (primary N) is 1. The van der Waals surface area contributed by atoms with Gasteiger partial charge in [-0.25, -0.2) is 0 Å². The molecule has 104 valence electrons. The number of amides is 1. The van der Waals surface area contributed by atoms with E-state index in [2.05, 4.69) is 0 Å². The predicted molar refractivity (Wildman–Crippen MR) is 74.5 cm³/mol. The van der Waals surface area contributed by atoms with Crippen LogP contribution < -0.4 is 5.73 Å². The molecule has 1 saturated heterocycles. The van der Waals surface area contributed by atoms with E-state index in [0.717, 1.165) is 18.4 Å². The molecule has 3 N–H and O–H groups in total. The van der Waals surface area contributed by atoms with E-state index < -0.39 is 6.04 Å². The maximum Gasteiger partial charge on any atom is 0.239 e. The fourth-order valence-corrected chi connectivity index (χ4v) is 2.53. The molecule has 4 nitrogen and oxygen atoms in total. The van der Waals surface area contributed by atoms with Crippen molar-refractivity contribution >= 4 is 5.91 Å². The molecule has 0 unspecified atom stereocenters. The summed E-state index contributed by atoms with van der Waals surface area (Å²) in [6, 6.07) is 9.39. The van der Waals surface area contributed by atoms with Gasteiger partial charge in [0.05, 0.1) is 6.04 Å². The van der Waals surface area contributed by atoms with Crippen LogP contribution in [0.5, 0.6) is 0 Å². The normalized spacial score (nSPS) is 18.3. The van der Waals surface area contributed by atoms with Crippen LogP contribution in [0.3, 0.4) is 0 Å². The molecule has 1 aromatic carbocycles. The van der Waals surface area contributed by atoms with Crippen molar-refractivity contribution in [3.05, 3.63) is 35.9 Å². The zero-order valence-corrected chi connectivity index (χ0v) is 11.2. The number of carbonyl (C=O) groups is 1. The maximum atomic E-state index is 12.2. The van der Waals surface area contributed by atoms with E-state index in [0.29, 0.717) is 25.4 Å². The minimum Gasteiger partial charge on any atom is -0.396 e. The lowest BCUT2D eigenvalue weighted by Gasteiger charge is -2.32. The second-order valence-corrected chi connectivity index (χ2v) is 5.25. The fraction of sp³-hybridized carbons (Fsp3) is 0.533. The van der Waals surface area contributed by atoms with Crippen LogP contribution in [-0.4, -0.2) is 41.7 Å². The second kappa shape index (κ2) is 6.68. The van der Waals surface area contributed by atoms with Crippen LogP contribution in [0.2, 0.25) is 0 Å². The summed E-state index contributed by atoms with van der Waals surface area (Å²) in [5.41, 5.74) is 7.10. The molecule has 0 bridgehead atoms. The van der Waals surface area contributed by atoms with E-state index in [9.17, 15) is 4.79 Å². The topological polar surface area (TPSA) is 66.6 Å². The average molecular weight is 262 g/mol. The molecule has 1 aliphatic heterocycles. The molecule has 0 aliphatic carbocycles. The molecule has 0 radical (unpaired) electrons. The maximum absolute atomic E-state index is 12.2. The van der Waals surface area contributed by atoms with Crippen molar-refractivity contribution in [1.82, 2.24) is 4.90 Å². The van der Waals surface area contributed by atoms with Crippen LogP contribution in [0.25, 0.3) is 0 Å². The molecule has 0 saturated carbocycles. The van der Waals surface area contributed by atoms with Crippen LogP contribution in [0.15, 0.2) is 30.3 Å². The van der Waals surface area contributed by atoms with Gasteiger partial charge in [-0.1, -0.05) is 30.3 Å². The summed E-state index contributed by atoms with van der Waals surface area (Å²) in [6.07, 6.45) is 2.33.